The first-order chi connectivity index (χ1) is 13.5. The third-order valence-electron chi connectivity index (χ3n) is 8.55. The second-order valence-corrected chi connectivity index (χ2v) is 10.7. The minimum Gasteiger partial charge on any atom is -0.455 e. The van der Waals surface area contributed by atoms with Crippen molar-refractivity contribution in [3.8, 4) is 0 Å². The number of hydrogen-bond acceptors (Lipinski definition) is 4. The molecular weight excluding hydrogens is 354 g/mol. The van der Waals surface area contributed by atoms with E-state index in [0.717, 1.165) is 43.6 Å². The summed E-state index contributed by atoms with van der Waals surface area (Å²) in [6.45, 7) is 0.569. The van der Waals surface area contributed by atoms with Crippen molar-refractivity contribution in [2.45, 2.75) is 70.6 Å². The van der Waals surface area contributed by atoms with Crippen LogP contribution in [0.25, 0.3) is 0 Å². The smallest absolute Gasteiger partial charge is 0.309 e. The predicted octanol–water partition coefficient (Wildman–Crippen LogP) is 3.26. The molecule has 3 atom stereocenters. The van der Waals surface area contributed by atoms with E-state index in [1.165, 1.54) is 38.5 Å². The molecule has 6 fully saturated rings. The molecule has 5 heteroatoms. The molecule has 0 spiro atoms. The maximum Gasteiger partial charge on any atom is 0.309 e. The first-order valence-electron chi connectivity index (χ1n) is 11.5. The topological polar surface area (TPSA) is 72.5 Å². The molecule has 0 aliphatic heterocycles. The number of ether oxygens (including phenoxy) is 1. The molecule has 0 aromatic heterocycles. The third kappa shape index (κ3) is 3.50. The van der Waals surface area contributed by atoms with Gasteiger partial charge in [-0.15, -0.1) is 0 Å². The second kappa shape index (κ2) is 7.14. The van der Waals surface area contributed by atoms with E-state index in [4.69, 9.17) is 4.74 Å². The molecule has 28 heavy (non-hydrogen) atoms. The molecular formula is C23H33NO4. The summed E-state index contributed by atoms with van der Waals surface area (Å²) in [5.41, 5.74) is 0.301. The van der Waals surface area contributed by atoms with Crippen molar-refractivity contribution >= 4 is 17.7 Å². The van der Waals surface area contributed by atoms with Crippen LogP contribution in [0.1, 0.15) is 70.6 Å². The fourth-order valence-electron chi connectivity index (χ4n) is 7.77. The van der Waals surface area contributed by atoms with Crippen LogP contribution in [0.5, 0.6) is 0 Å². The number of fused-ring (bicyclic) bond motifs is 2. The highest BCUT2D eigenvalue weighted by molar-refractivity contribution is 5.87. The van der Waals surface area contributed by atoms with Gasteiger partial charge in [0.05, 0.1) is 5.92 Å². The average molecular weight is 388 g/mol. The van der Waals surface area contributed by atoms with Gasteiger partial charge in [-0.05, 0) is 87.4 Å². The van der Waals surface area contributed by atoms with Gasteiger partial charge >= 0.3 is 5.97 Å². The lowest BCUT2D eigenvalue weighted by molar-refractivity contribution is -0.157. The SMILES string of the molecule is O=C(COC(=O)C1C[C@H]2CCC[C@@H](C1)C2=O)NCC12CC3CC(CC(C3)C1)C2. The van der Waals surface area contributed by atoms with Crippen molar-refractivity contribution < 1.29 is 19.1 Å². The van der Waals surface area contributed by atoms with Crippen molar-refractivity contribution in [1.82, 2.24) is 5.32 Å². The monoisotopic (exact) mass is 387 g/mol. The first-order valence-corrected chi connectivity index (χ1v) is 11.5. The van der Waals surface area contributed by atoms with Gasteiger partial charge < -0.3 is 10.1 Å². The first kappa shape index (κ1) is 18.6. The van der Waals surface area contributed by atoms with E-state index in [9.17, 15) is 14.4 Å². The highest BCUT2D eigenvalue weighted by Crippen LogP contribution is 2.59. The summed E-state index contributed by atoms with van der Waals surface area (Å²) in [5, 5.41) is 3.07. The van der Waals surface area contributed by atoms with Gasteiger partial charge in [-0.25, -0.2) is 0 Å². The molecule has 1 N–H and O–H groups in total. The maximum atomic E-state index is 12.5. The molecule has 1 amide bonds. The van der Waals surface area contributed by atoms with Gasteiger partial charge in [-0.2, -0.15) is 0 Å². The molecule has 154 valence electrons. The summed E-state index contributed by atoms with van der Waals surface area (Å²) in [5.74, 6) is 2.38. The Bertz CT molecular complexity index is 620. The zero-order valence-electron chi connectivity index (χ0n) is 16.8. The number of hydrogen-bond donors (Lipinski definition) is 1. The van der Waals surface area contributed by atoms with Crippen LogP contribution in [0.2, 0.25) is 0 Å². The van der Waals surface area contributed by atoms with Crippen LogP contribution >= 0.6 is 0 Å². The number of esters is 1. The Balaban J connectivity index is 1.08. The van der Waals surface area contributed by atoms with Gasteiger partial charge in [0.25, 0.3) is 5.91 Å². The fourth-order valence-corrected chi connectivity index (χ4v) is 7.77. The van der Waals surface area contributed by atoms with Crippen molar-refractivity contribution in [3.63, 3.8) is 0 Å². The van der Waals surface area contributed by atoms with E-state index in [1.807, 2.05) is 0 Å². The summed E-state index contributed by atoms with van der Waals surface area (Å²) < 4.78 is 5.35. The largest absolute Gasteiger partial charge is 0.455 e. The van der Waals surface area contributed by atoms with E-state index in [-0.39, 0.29) is 36.2 Å². The van der Waals surface area contributed by atoms with E-state index in [1.54, 1.807) is 0 Å². The third-order valence-corrected chi connectivity index (χ3v) is 8.55. The molecule has 6 bridgehead atoms. The number of carbonyl (C=O) groups excluding carboxylic acids is 3. The molecule has 5 nitrogen and oxygen atoms in total. The summed E-state index contributed by atoms with van der Waals surface area (Å²) in [7, 11) is 0. The van der Waals surface area contributed by atoms with E-state index < -0.39 is 0 Å². The Labute approximate surface area is 167 Å². The van der Waals surface area contributed by atoms with Gasteiger partial charge in [0, 0.05) is 18.4 Å². The zero-order valence-corrected chi connectivity index (χ0v) is 16.8. The highest BCUT2D eigenvalue weighted by atomic mass is 16.5. The molecule has 0 heterocycles. The maximum absolute atomic E-state index is 12.5. The van der Waals surface area contributed by atoms with Crippen molar-refractivity contribution in [2.24, 2.45) is 40.9 Å². The number of Topliss-reactive ketones (excluding diaryl/α,β-unsaturated/α-hetero) is 1. The van der Waals surface area contributed by atoms with Crippen molar-refractivity contribution in [3.05, 3.63) is 0 Å². The van der Waals surface area contributed by atoms with Crippen LogP contribution in [0.4, 0.5) is 0 Å². The Morgan fingerprint density at radius 3 is 2.07 bits per heavy atom. The van der Waals surface area contributed by atoms with E-state index >= 15 is 0 Å². The van der Waals surface area contributed by atoms with Gasteiger partial charge in [0.15, 0.2) is 6.61 Å². The zero-order chi connectivity index (χ0) is 19.3. The van der Waals surface area contributed by atoms with Crippen LogP contribution in [0.3, 0.4) is 0 Å². The Morgan fingerprint density at radius 2 is 1.50 bits per heavy atom. The molecule has 0 aromatic carbocycles. The number of nitrogens with one attached hydrogen (secondary N) is 1. The normalized spacial score (nSPS) is 43.6. The van der Waals surface area contributed by atoms with Gasteiger partial charge in [-0.3, -0.25) is 14.4 Å². The number of ketones is 1. The summed E-state index contributed by atoms with van der Waals surface area (Å²) in [4.78, 5) is 37.0. The van der Waals surface area contributed by atoms with Gasteiger partial charge in [0.1, 0.15) is 5.78 Å². The molecule has 6 aliphatic carbocycles. The van der Waals surface area contributed by atoms with Crippen LogP contribution in [0, 0.1) is 40.9 Å². The highest BCUT2D eigenvalue weighted by Gasteiger charge is 2.50. The minimum absolute atomic E-state index is 0.0370. The summed E-state index contributed by atoms with van der Waals surface area (Å²) >= 11 is 0. The van der Waals surface area contributed by atoms with Crippen molar-refractivity contribution in [2.75, 3.05) is 13.2 Å². The van der Waals surface area contributed by atoms with Crippen LogP contribution in [-0.4, -0.2) is 30.8 Å². The number of amides is 1. The van der Waals surface area contributed by atoms with Crippen LogP contribution in [-0.2, 0) is 19.1 Å². The van der Waals surface area contributed by atoms with Gasteiger partial charge in [-0.1, -0.05) is 6.42 Å². The fraction of sp³-hybridized carbons (Fsp3) is 0.870. The van der Waals surface area contributed by atoms with E-state index in [0.29, 0.717) is 24.0 Å². The predicted molar refractivity (Wildman–Crippen MR) is 103 cm³/mol. The van der Waals surface area contributed by atoms with Crippen LogP contribution < -0.4 is 5.32 Å². The standard InChI is InChI=1S/C23H33NO4/c25-20(24-13-23-9-14-4-15(10-23)6-16(5-14)11-23)12-28-22(27)19-7-17-2-1-3-18(8-19)21(17)26/h14-19H,1-13H2,(H,24,25)/t14?,15?,16?,17-,18+,19?,23?. The molecule has 1 unspecified atom stereocenters. The molecule has 0 aromatic rings. The lowest BCUT2D eigenvalue weighted by Gasteiger charge is -2.56. The lowest BCUT2D eigenvalue weighted by atomic mass is 9.49. The molecule has 0 saturated heterocycles. The van der Waals surface area contributed by atoms with Gasteiger partial charge in [0.2, 0.25) is 0 Å². The van der Waals surface area contributed by atoms with Crippen molar-refractivity contribution in [1.29, 1.82) is 0 Å². The van der Waals surface area contributed by atoms with E-state index in [2.05, 4.69) is 5.32 Å². The molecule has 6 rings (SSSR count). The second-order valence-electron chi connectivity index (χ2n) is 10.7. The molecule has 0 radical (unpaired) electrons. The summed E-state index contributed by atoms with van der Waals surface area (Å²) in [6, 6.07) is 0. The van der Waals surface area contributed by atoms with Crippen LogP contribution in [0.15, 0.2) is 0 Å². The number of carbonyl (C=O) groups is 3. The minimum atomic E-state index is -0.283. The lowest BCUT2D eigenvalue weighted by Crippen LogP contribution is -2.51. The molecule has 6 saturated carbocycles. The summed E-state index contributed by atoms with van der Waals surface area (Å²) in [6.07, 6.45) is 12.1. The quantitative estimate of drug-likeness (QED) is 0.735. The Kier molecular flexibility index (Phi) is 4.75. The number of rotatable bonds is 5. The average Bonchev–Trinajstić information content (AvgIpc) is 2.63. The molecule has 6 aliphatic rings. The Hall–Kier alpha value is -1.39. The Morgan fingerprint density at radius 1 is 0.929 bits per heavy atom.